The molecule has 1 saturated heterocycles. The monoisotopic (exact) mass is 551 g/mol. The highest BCUT2D eigenvalue weighted by molar-refractivity contribution is 7.92. The molecule has 1 aliphatic heterocycles. The van der Waals surface area contributed by atoms with Gasteiger partial charge in [-0.3, -0.25) is 4.79 Å². The van der Waals surface area contributed by atoms with E-state index >= 15 is 0 Å². The summed E-state index contributed by atoms with van der Waals surface area (Å²) in [7, 11) is -3.49. The van der Waals surface area contributed by atoms with E-state index in [1.54, 1.807) is 0 Å². The molecule has 3 rings (SSSR count). The molecule has 0 bridgehead atoms. The Bertz CT molecular complexity index is 1120. The van der Waals surface area contributed by atoms with E-state index in [9.17, 15) is 44.3 Å². The molecule has 15 heteroatoms. The maximum atomic E-state index is 13.5. The quantitative estimate of drug-likeness (QED) is 0.393. The fourth-order valence-electron chi connectivity index (χ4n) is 3.86. The lowest BCUT2D eigenvalue weighted by atomic mass is 10.0. The van der Waals surface area contributed by atoms with Gasteiger partial charge in [-0.2, -0.15) is 26.3 Å². The molecule has 1 heterocycles. The van der Waals surface area contributed by atoms with Crippen LogP contribution < -0.4 is 4.74 Å². The fraction of sp³-hybridized carbons (Fsp3) is 0.600. The summed E-state index contributed by atoms with van der Waals surface area (Å²) in [5.74, 6) is -2.85. The molecule has 196 valence electrons. The number of benzene rings is 1. The van der Waals surface area contributed by atoms with Gasteiger partial charge in [0, 0.05) is 12.6 Å². The second kappa shape index (κ2) is 9.02. The third kappa shape index (κ3) is 5.04. The Kier molecular flexibility index (Phi) is 7.05. The molecule has 7 nitrogen and oxygen atoms in total. The smallest absolute Gasteiger partial charge is 0.425 e. The standard InChI is InChI=1S/C20H20ClF6NO6S/c1-10(19(22,23)24)34-11-3-4-15(13(21)7-11)35(31,32)12-8-14(16(29)33-2)28(9-12)17(30)18(5-6-18)20(25,26)27/h3-4,7,10,12,14H,5-6,8-9H2,1-2H3/t10-,12+,14-/m0/s1. The number of halogens is 7. The van der Waals surface area contributed by atoms with Crippen LogP contribution in [0.3, 0.4) is 0 Å². The zero-order valence-corrected chi connectivity index (χ0v) is 19.8. The summed E-state index contributed by atoms with van der Waals surface area (Å²) in [5, 5.41) is -2.01. The summed E-state index contributed by atoms with van der Waals surface area (Å²) in [6.07, 6.45) is -13.3. The number of hydrogen-bond donors (Lipinski definition) is 0. The molecule has 3 atom stereocenters. The zero-order valence-electron chi connectivity index (χ0n) is 18.2. The maximum Gasteiger partial charge on any atom is 0.425 e. The summed E-state index contributed by atoms with van der Waals surface area (Å²) in [6.45, 7) is 0.0155. The summed E-state index contributed by atoms with van der Waals surface area (Å²) >= 11 is 6.00. The van der Waals surface area contributed by atoms with Crippen LogP contribution in [0.2, 0.25) is 5.02 Å². The number of amides is 1. The normalized spacial score (nSPS) is 23.1. The van der Waals surface area contributed by atoms with Crippen LogP contribution in [0, 0.1) is 5.41 Å². The van der Waals surface area contributed by atoms with E-state index in [1.807, 2.05) is 0 Å². The number of alkyl halides is 6. The van der Waals surface area contributed by atoms with E-state index < -0.39 is 92.6 Å². The van der Waals surface area contributed by atoms with Crippen LogP contribution in [-0.4, -0.2) is 68.6 Å². The summed E-state index contributed by atoms with van der Waals surface area (Å²) in [4.78, 5) is 25.0. The van der Waals surface area contributed by atoms with Crippen molar-refractivity contribution >= 4 is 33.3 Å². The van der Waals surface area contributed by atoms with Gasteiger partial charge in [0.1, 0.15) is 17.2 Å². The van der Waals surface area contributed by atoms with Gasteiger partial charge in [-0.25, -0.2) is 13.2 Å². The Morgan fingerprint density at radius 3 is 2.23 bits per heavy atom. The van der Waals surface area contributed by atoms with Gasteiger partial charge in [0.05, 0.1) is 22.3 Å². The first-order valence-electron chi connectivity index (χ1n) is 10.2. The van der Waals surface area contributed by atoms with Crippen LogP contribution in [-0.2, 0) is 24.2 Å². The Morgan fingerprint density at radius 2 is 1.77 bits per heavy atom. The summed E-state index contributed by atoms with van der Waals surface area (Å²) < 4.78 is 114. The van der Waals surface area contributed by atoms with Crippen LogP contribution in [0.15, 0.2) is 23.1 Å². The van der Waals surface area contributed by atoms with Crippen LogP contribution in [0.4, 0.5) is 26.3 Å². The van der Waals surface area contributed by atoms with E-state index in [4.69, 9.17) is 16.3 Å². The van der Waals surface area contributed by atoms with Crippen molar-refractivity contribution in [2.45, 2.75) is 60.8 Å². The van der Waals surface area contributed by atoms with E-state index in [0.717, 1.165) is 32.2 Å². The first kappa shape index (κ1) is 27.4. The molecule has 35 heavy (non-hydrogen) atoms. The Hall–Kier alpha value is -2.22. The lowest BCUT2D eigenvalue weighted by Gasteiger charge is -2.28. The van der Waals surface area contributed by atoms with Crippen molar-refractivity contribution < 1.29 is 53.8 Å². The van der Waals surface area contributed by atoms with Crippen LogP contribution in [0.25, 0.3) is 0 Å². The van der Waals surface area contributed by atoms with Gasteiger partial charge in [-0.1, -0.05) is 11.6 Å². The minimum Gasteiger partial charge on any atom is -0.481 e. The average molecular weight is 552 g/mol. The summed E-state index contributed by atoms with van der Waals surface area (Å²) in [5.41, 5.74) is -2.68. The number of sulfone groups is 1. The molecule has 0 aromatic heterocycles. The molecule has 0 spiro atoms. The lowest BCUT2D eigenvalue weighted by molar-refractivity contribution is -0.200. The minimum atomic E-state index is -4.88. The van der Waals surface area contributed by atoms with Crippen molar-refractivity contribution in [3.05, 3.63) is 23.2 Å². The topological polar surface area (TPSA) is 90.0 Å². The average Bonchev–Trinajstić information content (AvgIpc) is 3.44. The van der Waals surface area contributed by atoms with E-state index in [-0.39, 0.29) is 5.75 Å². The van der Waals surface area contributed by atoms with Crippen LogP contribution >= 0.6 is 11.6 Å². The number of methoxy groups -OCH3 is 1. The van der Waals surface area contributed by atoms with Crippen molar-refractivity contribution in [1.29, 1.82) is 0 Å². The number of likely N-dealkylation sites (tertiary alicyclic amines) is 1. The number of carbonyl (C=O) groups excluding carboxylic acids is 2. The van der Waals surface area contributed by atoms with Crippen molar-refractivity contribution in [3.63, 3.8) is 0 Å². The molecule has 2 aliphatic rings. The molecule has 1 aromatic carbocycles. The first-order chi connectivity index (χ1) is 16.0. The van der Waals surface area contributed by atoms with Crippen molar-refractivity contribution in [2.75, 3.05) is 13.7 Å². The third-order valence-electron chi connectivity index (χ3n) is 6.12. The molecule has 1 amide bonds. The Morgan fingerprint density at radius 1 is 1.17 bits per heavy atom. The Labute approximate surface area is 201 Å². The zero-order chi connectivity index (χ0) is 26.6. The first-order valence-corrected chi connectivity index (χ1v) is 12.1. The number of ether oxygens (including phenoxy) is 2. The minimum absolute atomic E-state index is 0.365. The molecule has 0 radical (unpaired) electrons. The van der Waals surface area contributed by atoms with Gasteiger partial charge in [0.15, 0.2) is 15.9 Å². The van der Waals surface area contributed by atoms with Gasteiger partial charge < -0.3 is 14.4 Å². The molecular formula is C20H20ClF6NO6S. The van der Waals surface area contributed by atoms with Crippen molar-refractivity contribution in [3.8, 4) is 5.75 Å². The molecule has 1 aliphatic carbocycles. The largest absolute Gasteiger partial charge is 0.481 e. The van der Waals surface area contributed by atoms with Gasteiger partial charge in [0.25, 0.3) is 0 Å². The molecule has 1 saturated carbocycles. The van der Waals surface area contributed by atoms with Crippen LogP contribution in [0.1, 0.15) is 26.2 Å². The number of rotatable bonds is 6. The highest BCUT2D eigenvalue weighted by Crippen LogP contribution is 2.59. The highest BCUT2D eigenvalue weighted by Gasteiger charge is 2.70. The molecule has 0 unspecified atom stereocenters. The lowest BCUT2D eigenvalue weighted by Crippen LogP contribution is -2.49. The van der Waals surface area contributed by atoms with E-state index in [1.165, 1.54) is 0 Å². The molecular weight excluding hydrogens is 532 g/mol. The number of nitrogens with zero attached hydrogens (tertiary/aromatic N) is 1. The fourth-order valence-corrected chi connectivity index (χ4v) is 6.09. The SMILES string of the molecule is COC(=O)[C@@H]1C[C@@H](S(=O)(=O)c2ccc(O[C@@H](C)C(F)(F)F)cc2Cl)CN1C(=O)C1(C(F)(F)F)CC1. The number of hydrogen-bond acceptors (Lipinski definition) is 6. The second-order valence-electron chi connectivity index (χ2n) is 8.37. The predicted molar refractivity (Wildman–Crippen MR) is 108 cm³/mol. The molecule has 0 N–H and O–H groups in total. The van der Waals surface area contributed by atoms with Gasteiger partial charge in [-0.05, 0) is 38.3 Å². The van der Waals surface area contributed by atoms with Crippen molar-refractivity contribution in [1.82, 2.24) is 4.90 Å². The van der Waals surface area contributed by atoms with Crippen molar-refractivity contribution in [2.24, 2.45) is 5.41 Å². The van der Waals surface area contributed by atoms with Gasteiger partial charge >= 0.3 is 18.3 Å². The van der Waals surface area contributed by atoms with Gasteiger partial charge in [0.2, 0.25) is 5.91 Å². The maximum absolute atomic E-state index is 13.5. The molecule has 1 aromatic rings. The van der Waals surface area contributed by atoms with Crippen LogP contribution in [0.5, 0.6) is 5.75 Å². The summed E-state index contributed by atoms with van der Waals surface area (Å²) in [6, 6.07) is 1.13. The van der Waals surface area contributed by atoms with Gasteiger partial charge in [-0.15, -0.1) is 0 Å². The molecule has 2 fully saturated rings. The van der Waals surface area contributed by atoms with E-state index in [2.05, 4.69) is 4.74 Å². The highest BCUT2D eigenvalue weighted by atomic mass is 35.5. The second-order valence-corrected chi connectivity index (χ2v) is 11.0. The predicted octanol–water partition coefficient (Wildman–Crippen LogP) is 3.93. The number of carbonyl (C=O) groups is 2. The number of esters is 1. The Balaban J connectivity index is 1.89. The van der Waals surface area contributed by atoms with E-state index in [0.29, 0.717) is 4.90 Å². The third-order valence-corrected chi connectivity index (χ3v) is 8.73.